The highest BCUT2D eigenvalue weighted by molar-refractivity contribution is 5.85. The van der Waals surface area contributed by atoms with Crippen molar-refractivity contribution >= 4 is 12.0 Å². The Kier molecular flexibility index (Phi) is 4.65. The number of nitrogens with zero attached hydrogens (tertiary/aromatic N) is 2. The molecule has 1 N–H and O–H groups in total. The zero-order valence-corrected chi connectivity index (χ0v) is 11.2. The minimum absolute atomic E-state index is 0.0266. The molecule has 110 valence electrons. The topological polar surface area (TPSA) is 85.5 Å². The van der Waals surface area contributed by atoms with Crippen LogP contribution in [0.5, 0.6) is 5.75 Å². The maximum atomic E-state index is 13.8. The molecule has 6 nitrogen and oxygen atoms in total. The van der Waals surface area contributed by atoms with Crippen LogP contribution in [0.25, 0.3) is 6.08 Å². The van der Waals surface area contributed by atoms with E-state index in [2.05, 4.69) is 10.1 Å². The number of carboxylic acid groups (broad SMARTS) is 1. The Morgan fingerprint density at radius 3 is 2.95 bits per heavy atom. The van der Waals surface area contributed by atoms with Crippen molar-refractivity contribution in [2.45, 2.75) is 20.0 Å². The molecule has 0 aliphatic carbocycles. The largest absolute Gasteiger partial charge is 0.481 e. The summed E-state index contributed by atoms with van der Waals surface area (Å²) >= 11 is 0. The Morgan fingerprint density at radius 1 is 1.52 bits per heavy atom. The Hall–Kier alpha value is -2.70. The van der Waals surface area contributed by atoms with Crippen LogP contribution in [0.15, 0.2) is 28.8 Å². The first-order chi connectivity index (χ1) is 10.1. The quantitative estimate of drug-likeness (QED) is 0.823. The highest BCUT2D eigenvalue weighted by Gasteiger charge is 2.08. The van der Waals surface area contributed by atoms with E-state index in [0.29, 0.717) is 17.8 Å². The number of benzene rings is 1. The maximum absolute atomic E-state index is 13.8. The molecule has 0 bridgehead atoms. The molecule has 0 unspecified atom stereocenters. The van der Waals surface area contributed by atoms with Crippen LogP contribution in [0.3, 0.4) is 0 Å². The van der Waals surface area contributed by atoms with Crippen molar-refractivity contribution in [2.75, 3.05) is 0 Å². The molecule has 0 aliphatic rings. The fraction of sp³-hybridized carbons (Fsp3) is 0.214. The summed E-state index contributed by atoms with van der Waals surface area (Å²) in [5, 5.41) is 12.2. The number of ether oxygens (including phenoxy) is 1. The number of aliphatic carboxylic acids is 1. The van der Waals surface area contributed by atoms with Gasteiger partial charge in [0, 0.05) is 12.5 Å². The van der Waals surface area contributed by atoms with E-state index in [1.54, 1.807) is 6.07 Å². The Bertz CT molecular complexity index is 667. The van der Waals surface area contributed by atoms with Gasteiger partial charge in [-0.25, -0.2) is 9.18 Å². The molecule has 1 aromatic carbocycles. The van der Waals surface area contributed by atoms with Crippen LogP contribution in [0, 0.1) is 5.82 Å². The second-order valence-corrected chi connectivity index (χ2v) is 4.11. The first kappa shape index (κ1) is 14.7. The third-order valence-electron chi connectivity index (χ3n) is 2.55. The number of aryl methyl sites for hydroxylation is 1. The van der Waals surface area contributed by atoms with Crippen molar-refractivity contribution in [3.05, 3.63) is 47.4 Å². The number of halogens is 1. The zero-order chi connectivity index (χ0) is 15.2. The molecule has 0 amide bonds. The summed E-state index contributed by atoms with van der Waals surface area (Å²) in [4.78, 5) is 14.4. The van der Waals surface area contributed by atoms with Gasteiger partial charge in [-0.15, -0.1) is 0 Å². The molecule has 0 fully saturated rings. The summed E-state index contributed by atoms with van der Waals surface area (Å²) in [5.74, 6) is -0.848. The van der Waals surface area contributed by atoms with Crippen molar-refractivity contribution in [1.82, 2.24) is 10.1 Å². The minimum atomic E-state index is -1.10. The molecule has 1 heterocycles. The molecule has 2 aromatic rings. The van der Waals surface area contributed by atoms with E-state index in [1.807, 2.05) is 6.92 Å². The van der Waals surface area contributed by atoms with Gasteiger partial charge < -0.3 is 14.4 Å². The van der Waals surface area contributed by atoms with E-state index in [0.717, 1.165) is 6.08 Å². The average molecular weight is 292 g/mol. The molecule has 21 heavy (non-hydrogen) atoms. The first-order valence-corrected chi connectivity index (χ1v) is 6.23. The molecule has 0 atom stereocenters. The van der Waals surface area contributed by atoms with Crippen molar-refractivity contribution < 1.29 is 23.6 Å². The molecule has 0 aliphatic heterocycles. The summed E-state index contributed by atoms with van der Waals surface area (Å²) in [6.07, 6.45) is 2.86. The number of carbonyl (C=O) groups is 1. The van der Waals surface area contributed by atoms with Gasteiger partial charge in [0.05, 0.1) is 0 Å². The number of rotatable bonds is 6. The fourth-order valence-electron chi connectivity index (χ4n) is 1.54. The highest BCUT2D eigenvalue weighted by Crippen LogP contribution is 2.20. The van der Waals surface area contributed by atoms with E-state index in [9.17, 15) is 9.18 Å². The minimum Gasteiger partial charge on any atom is -0.481 e. The second kappa shape index (κ2) is 6.65. The average Bonchev–Trinajstić information content (AvgIpc) is 2.92. The normalized spacial score (nSPS) is 11.0. The van der Waals surface area contributed by atoms with Gasteiger partial charge in [-0.1, -0.05) is 18.1 Å². The van der Waals surface area contributed by atoms with E-state index >= 15 is 0 Å². The predicted molar refractivity (Wildman–Crippen MR) is 71.1 cm³/mol. The van der Waals surface area contributed by atoms with Crippen LogP contribution in [-0.4, -0.2) is 21.2 Å². The van der Waals surface area contributed by atoms with Crippen LogP contribution < -0.4 is 4.74 Å². The van der Waals surface area contributed by atoms with Crippen LogP contribution in [-0.2, 0) is 17.8 Å². The van der Waals surface area contributed by atoms with E-state index < -0.39 is 11.8 Å². The summed E-state index contributed by atoms with van der Waals surface area (Å²) in [6, 6.07) is 4.14. The molecular formula is C14H13FN2O4. The number of hydrogen-bond donors (Lipinski definition) is 1. The molecule has 0 spiro atoms. The van der Waals surface area contributed by atoms with Crippen molar-refractivity contribution in [1.29, 1.82) is 0 Å². The second-order valence-electron chi connectivity index (χ2n) is 4.11. The van der Waals surface area contributed by atoms with Gasteiger partial charge in [0.15, 0.2) is 24.0 Å². The summed E-state index contributed by atoms with van der Waals surface area (Å²) < 4.78 is 23.9. The predicted octanol–water partition coefficient (Wildman–Crippen LogP) is 2.45. The molecular weight excluding hydrogens is 279 g/mol. The molecule has 0 radical (unpaired) electrons. The lowest BCUT2D eigenvalue weighted by atomic mass is 10.2. The Labute approximate surface area is 119 Å². The van der Waals surface area contributed by atoms with E-state index in [4.69, 9.17) is 14.4 Å². The smallest absolute Gasteiger partial charge is 0.328 e. The summed E-state index contributed by atoms with van der Waals surface area (Å²) in [5.41, 5.74) is 0.424. The fourth-order valence-corrected chi connectivity index (χ4v) is 1.54. The Balaban J connectivity index is 2.02. The first-order valence-electron chi connectivity index (χ1n) is 6.23. The van der Waals surface area contributed by atoms with Crippen molar-refractivity contribution in [3.63, 3.8) is 0 Å². The van der Waals surface area contributed by atoms with Crippen LogP contribution in [0.4, 0.5) is 4.39 Å². The summed E-state index contributed by atoms with van der Waals surface area (Å²) in [7, 11) is 0. The third-order valence-corrected chi connectivity index (χ3v) is 2.55. The van der Waals surface area contributed by atoms with Crippen molar-refractivity contribution in [2.24, 2.45) is 0 Å². The number of hydrogen-bond acceptors (Lipinski definition) is 5. The third kappa shape index (κ3) is 4.13. The molecule has 0 saturated carbocycles. The lowest BCUT2D eigenvalue weighted by Crippen LogP contribution is -1.98. The lowest BCUT2D eigenvalue weighted by Gasteiger charge is -2.05. The standard InChI is InChI=1S/C14H13FN2O4/c1-2-12-16-13(21-17-12)8-20-11-5-3-9(7-10(11)15)4-6-14(18)19/h3-7H,2,8H2,1H3,(H,18,19)/b6-4+. The lowest BCUT2D eigenvalue weighted by molar-refractivity contribution is -0.131. The van der Waals surface area contributed by atoms with Gasteiger partial charge in [-0.05, 0) is 23.8 Å². The van der Waals surface area contributed by atoms with Gasteiger partial charge in [0.1, 0.15) is 0 Å². The van der Waals surface area contributed by atoms with Gasteiger partial charge >= 0.3 is 5.97 Å². The Morgan fingerprint density at radius 2 is 2.33 bits per heavy atom. The van der Waals surface area contributed by atoms with Gasteiger partial charge in [0.2, 0.25) is 0 Å². The number of carboxylic acids is 1. The monoisotopic (exact) mass is 292 g/mol. The van der Waals surface area contributed by atoms with Crippen LogP contribution >= 0.6 is 0 Å². The van der Waals surface area contributed by atoms with Gasteiger partial charge in [0.25, 0.3) is 5.89 Å². The van der Waals surface area contributed by atoms with E-state index in [1.165, 1.54) is 18.2 Å². The molecule has 7 heteroatoms. The van der Waals surface area contributed by atoms with Gasteiger partial charge in [-0.3, -0.25) is 0 Å². The number of aromatic nitrogens is 2. The van der Waals surface area contributed by atoms with Crippen molar-refractivity contribution in [3.8, 4) is 5.75 Å². The van der Waals surface area contributed by atoms with Crippen LogP contribution in [0.2, 0.25) is 0 Å². The molecule has 1 aromatic heterocycles. The SMILES string of the molecule is CCc1noc(COc2ccc(/C=C/C(=O)O)cc2F)n1. The van der Waals surface area contributed by atoms with Crippen LogP contribution in [0.1, 0.15) is 24.2 Å². The van der Waals surface area contributed by atoms with Gasteiger partial charge in [-0.2, -0.15) is 4.98 Å². The maximum Gasteiger partial charge on any atom is 0.328 e. The molecule has 0 saturated heterocycles. The highest BCUT2D eigenvalue weighted by atomic mass is 19.1. The van der Waals surface area contributed by atoms with E-state index in [-0.39, 0.29) is 18.2 Å². The zero-order valence-electron chi connectivity index (χ0n) is 11.2. The summed E-state index contributed by atoms with van der Waals surface area (Å²) in [6.45, 7) is 1.85. The molecule has 2 rings (SSSR count).